The second kappa shape index (κ2) is 5.11. The number of hydrogen-bond acceptors (Lipinski definition) is 3. The fraction of sp³-hybridized carbons (Fsp3) is 0.429. The predicted octanol–water partition coefficient (Wildman–Crippen LogP) is 1.99. The second-order valence-electron chi connectivity index (χ2n) is 4.42. The molecule has 1 aliphatic rings. The highest BCUT2D eigenvalue weighted by atomic mass is 16.1. The van der Waals surface area contributed by atoms with Gasteiger partial charge in [-0.1, -0.05) is 37.3 Å². The lowest BCUT2D eigenvalue weighted by molar-refractivity contribution is -0.121. The number of ketones is 1. The largest absolute Gasteiger partial charge is 0.296 e. The minimum absolute atomic E-state index is 0.0835. The van der Waals surface area contributed by atoms with Gasteiger partial charge in [0, 0.05) is 13.1 Å². The van der Waals surface area contributed by atoms with Crippen molar-refractivity contribution in [2.24, 2.45) is 5.92 Å². The molecular weight excluding hydrogens is 212 g/mol. The van der Waals surface area contributed by atoms with E-state index in [1.54, 1.807) is 0 Å². The number of Topliss-reactive ketones (excluding diaryl/α,β-unsaturated/α-hetero) is 1. The predicted molar refractivity (Wildman–Crippen MR) is 65.0 cm³/mol. The number of likely N-dealkylation sites (tertiary alicyclic amines) is 1. The zero-order chi connectivity index (χ0) is 12.3. The molecule has 17 heavy (non-hydrogen) atoms. The van der Waals surface area contributed by atoms with Crippen LogP contribution in [0.1, 0.15) is 18.9 Å². The molecule has 2 atom stereocenters. The van der Waals surface area contributed by atoms with Crippen LogP contribution in [0.25, 0.3) is 0 Å². The van der Waals surface area contributed by atoms with E-state index in [-0.39, 0.29) is 11.8 Å². The topological polar surface area (TPSA) is 44.1 Å². The van der Waals surface area contributed by atoms with Crippen molar-refractivity contribution in [3.8, 4) is 6.07 Å². The Labute approximate surface area is 102 Å². The van der Waals surface area contributed by atoms with Crippen molar-refractivity contribution in [3.05, 3.63) is 35.9 Å². The summed E-state index contributed by atoms with van der Waals surface area (Å²) in [5, 5.41) is 8.94. The zero-order valence-corrected chi connectivity index (χ0v) is 9.97. The third kappa shape index (κ3) is 2.37. The molecule has 1 aromatic carbocycles. The number of rotatable bonds is 3. The normalized spacial score (nSPS) is 24.8. The van der Waals surface area contributed by atoms with Gasteiger partial charge in [0.15, 0.2) is 5.78 Å². The van der Waals surface area contributed by atoms with Crippen LogP contribution in [0.3, 0.4) is 0 Å². The fourth-order valence-corrected chi connectivity index (χ4v) is 2.42. The minimum Gasteiger partial charge on any atom is -0.296 e. The van der Waals surface area contributed by atoms with Crippen molar-refractivity contribution in [1.29, 1.82) is 5.26 Å². The maximum Gasteiger partial charge on any atom is 0.168 e. The highest BCUT2D eigenvalue weighted by molar-refractivity contribution is 5.90. The van der Waals surface area contributed by atoms with Crippen LogP contribution in [-0.2, 0) is 11.3 Å². The van der Waals surface area contributed by atoms with E-state index in [9.17, 15) is 4.79 Å². The van der Waals surface area contributed by atoms with Crippen LogP contribution in [0, 0.1) is 17.2 Å². The summed E-state index contributed by atoms with van der Waals surface area (Å²) in [6.07, 6.45) is 0.782. The lowest BCUT2D eigenvalue weighted by atomic mass is 10.0. The minimum atomic E-state index is -0.441. The number of nitrogens with zero attached hydrogens (tertiary/aromatic N) is 2. The molecule has 1 fully saturated rings. The Morgan fingerprint density at radius 2 is 2.12 bits per heavy atom. The molecule has 88 valence electrons. The van der Waals surface area contributed by atoms with Crippen molar-refractivity contribution >= 4 is 5.78 Å². The van der Waals surface area contributed by atoms with Gasteiger partial charge in [0.25, 0.3) is 0 Å². The molecule has 3 nitrogen and oxygen atoms in total. The maximum atomic E-state index is 11.9. The lowest BCUT2D eigenvalue weighted by Gasteiger charge is -2.21. The van der Waals surface area contributed by atoms with Crippen LogP contribution < -0.4 is 0 Å². The molecular formula is C14H16N2O. The third-order valence-corrected chi connectivity index (χ3v) is 3.30. The first-order valence-corrected chi connectivity index (χ1v) is 5.97. The molecule has 0 bridgehead atoms. The molecule has 0 spiro atoms. The zero-order valence-electron chi connectivity index (χ0n) is 9.97. The molecule has 1 aliphatic heterocycles. The lowest BCUT2D eigenvalue weighted by Crippen LogP contribution is -2.31. The van der Waals surface area contributed by atoms with Gasteiger partial charge in [-0.15, -0.1) is 0 Å². The van der Waals surface area contributed by atoms with Gasteiger partial charge in [-0.25, -0.2) is 0 Å². The monoisotopic (exact) mass is 228 g/mol. The van der Waals surface area contributed by atoms with Gasteiger partial charge in [-0.05, 0) is 12.0 Å². The number of benzene rings is 1. The first kappa shape index (κ1) is 11.8. The Balaban J connectivity index is 2.11. The Hall–Kier alpha value is -1.66. The van der Waals surface area contributed by atoms with Gasteiger partial charge < -0.3 is 0 Å². The Morgan fingerprint density at radius 1 is 1.41 bits per heavy atom. The average Bonchev–Trinajstić information content (AvgIpc) is 2.66. The summed E-state index contributed by atoms with van der Waals surface area (Å²) in [6.45, 7) is 3.33. The molecule has 1 heterocycles. The third-order valence-electron chi connectivity index (χ3n) is 3.30. The van der Waals surface area contributed by atoms with Gasteiger partial charge >= 0.3 is 0 Å². The van der Waals surface area contributed by atoms with E-state index >= 15 is 0 Å². The molecule has 1 aromatic rings. The molecule has 0 saturated carbocycles. The first-order chi connectivity index (χ1) is 8.26. The van der Waals surface area contributed by atoms with E-state index in [0.29, 0.717) is 6.54 Å². The van der Waals surface area contributed by atoms with Crippen molar-refractivity contribution in [2.45, 2.75) is 25.9 Å². The number of hydrogen-bond donors (Lipinski definition) is 0. The molecule has 3 heteroatoms. The SMILES string of the molecule is CCC1C(=O)C(C#N)CN1Cc1ccccc1. The molecule has 2 unspecified atom stereocenters. The molecule has 0 radical (unpaired) electrons. The van der Waals surface area contributed by atoms with Crippen molar-refractivity contribution in [2.75, 3.05) is 6.54 Å². The quantitative estimate of drug-likeness (QED) is 0.794. The number of nitriles is 1. The van der Waals surface area contributed by atoms with Crippen molar-refractivity contribution < 1.29 is 4.79 Å². The summed E-state index contributed by atoms with van der Waals surface area (Å²) in [4.78, 5) is 14.0. The molecule has 0 amide bonds. The Kier molecular flexibility index (Phi) is 3.55. The van der Waals surface area contributed by atoms with Gasteiger partial charge in [0.05, 0.1) is 12.1 Å². The van der Waals surface area contributed by atoms with Gasteiger partial charge in [0.2, 0.25) is 0 Å². The molecule has 0 aromatic heterocycles. The molecule has 1 saturated heterocycles. The maximum absolute atomic E-state index is 11.9. The highest BCUT2D eigenvalue weighted by Crippen LogP contribution is 2.23. The summed E-state index contributed by atoms with van der Waals surface area (Å²) in [6, 6.07) is 12.1. The van der Waals surface area contributed by atoms with E-state index in [0.717, 1.165) is 13.0 Å². The van der Waals surface area contributed by atoms with Crippen LogP contribution in [0.15, 0.2) is 30.3 Å². The van der Waals surface area contributed by atoms with Crippen molar-refractivity contribution in [3.63, 3.8) is 0 Å². The summed E-state index contributed by atoms with van der Waals surface area (Å²) < 4.78 is 0. The summed E-state index contributed by atoms with van der Waals surface area (Å²) in [7, 11) is 0. The summed E-state index contributed by atoms with van der Waals surface area (Å²) >= 11 is 0. The first-order valence-electron chi connectivity index (χ1n) is 5.97. The molecule has 2 rings (SSSR count). The van der Waals surface area contributed by atoms with E-state index in [4.69, 9.17) is 5.26 Å². The highest BCUT2D eigenvalue weighted by Gasteiger charge is 2.38. The molecule has 0 N–H and O–H groups in total. The summed E-state index contributed by atoms with van der Waals surface area (Å²) in [5.41, 5.74) is 1.19. The van der Waals surface area contributed by atoms with Crippen molar-refractivity contribution in [1.82, 2.24) is 4.90 Å². The van der Waals surface area contributed by atoms with Gasteiger partial charge in [-0.2, -0.15) is 5.26 Å². The smallest absolute Gasteiger partial charge is 0.168 e. The van der Waals surface area contributed by atoms with E-state index in [1.807, 2.05) is 25.1 Å². The average molecular weight is 228 g/mol. The molecule has 0 aliphatic carbocycles. The Bertz CT molecular complexity index is 435. The second-order valence-corrected chi connectivity index (χ2v) is 4.42. The van der Waals surface area contributed by atoms with E-state index in [1.165, 1.54) is 5.56 Å². The van der Waals surface area contributed by atoms with Gasteiger partial charge in [0.1, 0.15) is 5.92 Å². The number of carbonyl (C=O) groups excluding carboxylic acids is 1. The summed E-state index contributed by atoms with van der Waals surface area (Å²) in [5.74, 6) is -0.352. The van der Waals surface area contributed by atoms with Crippen LogP contribution in [0.4, 0.5) is 0 Å². The Morgan fingerprint density at radius 3 is 2.71 bits per heavy atom. The van der Waals surface area contributed by atoms with Crippen LogP contribution in [0.2, 0.25) is 0 Å². The standard InChI is InChI=1S/C14H16N2O/c1-2-13-14(17)12(8-15)10-16(13)9-11-6-4-3-5-7-11/h3-7,12-13H,2,9-10H2,1H3. The van der Waals surface area contributed by atoms with Crippen LogP contribution >= 0.6 is 0 Å². The van der Waals surface area contributed by atoms with Gasteiger partial charge in [-0.3, -0.25) is 9.69 Å². The van der Waals surface area contributed by atoms with E-state index in [2.05, 4.69) is 23.1 Å². The van der Waals surface area contributed by atoms with Crippen LogP contribution in [0.5, 0.6) is 0 Å². The van der Waals surface area contributed by atoms with Crippen LogP contribution in [-0.4, -0.2) is 23.3 Å². The fourth-order valence-electron chi connectivity index (χ4n) is 2.42. The van der Waals surface area contributed by atoms with E-state index < -0.39 is 5.92 Å². The number of carbonyl (C=O) groups is 1.